The summed E-state index contributed by atoms with van der Waals surface area (Å²) >= 11 is 11.2. The Morgan fingerprint density at radius 2 is 1.21 bits per heavy atom. The number of pyridine rings is 4. The molecule has 8 heterocycles. The first-order chi connectivity index (χ1) is 31.9. The van der Waals surface area contributed by atoms with Crippen LogP contribution in [0.3, 0.4) is 0 Å². The molecule has 8 aromatic heterocycles. The van der Waals surface area contributed by atoms with E-state index in [1.807, 2.05) is 73.2 Å². The fourth-order valence-electron chi connectivity index (χ4n) is 8.26. The summed E-state index contributed by atoms with van der Waals surface area (Å²) in [6, 6.07) is 28.8. The molecule has 0 amide bonds. The smallest absolute Gasteiger partial charge is 0.163 e. The fraction of sp³-hybridized carbons (Fsp3) is 0.184. The third kappa shape index (κ3) is 8.99. The molecule has 0 radical (unpaired) electrons. The predicted octanol–water partition coefficient (Wildman–Crippen LogP) is 11.2. The SMILES string of the molecule is Cc1cccc(-c2nc(CN(I)Cc3cccc(C)c3C)[nH]c2-c2cc(-c3cc(C)nc(-c4nc(CN(I)Cc5cccc(Cl)c5C)[nH]c4-c4ccc5ncnn5c4)c3)c3ncnn3c2)n1. The molecule has 0 saturated heterocycles. The molecule has 66 heavy (non-hydrogen) atoms. The highest BCUT2D eigenvalue weighted by Gasteiger charge is 2.23. The molecule has 0 fully saturated rings. The number of nitrogens with zero attached hydrogens (tertiary/aromatic N) is 12. The van der Waals surface area contributed by atoms with Crippen molar-refractivity contribution in [1.29, 1.82) is 0 Å². The first-order valence-corrected chi connectivity index (χ1v) is 23.6. The van der Waals surface area contributed by atoms with Crippen molar-refractivity contribution in [2.45, 2.75) is 60.8 Å². The van der Waals surface area contributed by atoms with E-state index in [2.05, 4.69) is 140 Å². The van der Waals surface area contributed by atoms with Crippen LogP contribution in [-0.2, 0) is 26.2 Å². The van der Waals surface area contributed by atoms with Crippen LogP contribution in [0.2, 0.25) is 5.02 Å². The Balaban J connectivity index is 1.05. The molecule has 0 aliphatic heterocycles. The van der Waals surface area contributed by atoms with Crippen LogP contribution in [0.15, 0.2) is 110 Å². The van der Waals surface area contributed by atoms with E-state index in [-0.39, 0.29) is 0 Å². The highest BCUT2D eigenvalue weighted by Crippen LogP contribution is 2.37. The molecule has 0 unspecified atom stereocenters. The van der Waals surface area contributed by atoms with Crippen LogP contribution in [-0.4, -0.2) is 65.3 Å². The molecule has 0 bridgehead atoms. The van der Waals surface area contributed by atoms with Crippen molar-refractivity contribution in [2.75, 3.05) is 0 Å². The van der Waals surface area contributed by atoms with Crippen molar-refractivity contribution in [2.24, 2.45) is 0 Å². The van der Waals surface area contributed by atoms with Gasteiger partial charge >= 0.3 is 0 Å². The van der Waals surface area contributed by atoms with Crippen LogP contribution < -0.4 is 0 Å². The zero-order chi connectivity index (χ0) is 45.6. The Hall–Kier alpha value is -5.93. The Bertz CT molecular complexity index is 3420. The summed E-state index contributed by atoms with van der Waals surface area (Å²) in [4.78, 5) is 37.0. The van der Waals surface area contributed by atoms with Gasteiger partial charge in [0.15, 0.2) is 11.3 Å². The number of nitrogens with one attached hydrogen (secondary N) is 2. The number of aromatic amines is 2. The quantitative estimate of drug-likeness (QED) is 0.0844. The number of hydrogen-bond acceptors (Lipinski definition) is 10. The lowest BCUT2D eigenvalue weighted by atomic mass is 10.0. The van der Waals surface area contributed by atoms with Crippen molar-refractivity contribution in [3.05, 3.63) is 166 Å². The van der Waals surface area contributed by atoms with E-state index in [0.29, 0.717) is 36.7 Å². The van der Waals surface area contributed by atoms with Crippen molar-refractivity contribution < 1.29 is 0 Å². The molecule has 10 rings (SSSR count). The first-order valence-electron chi connectivity index (χ1n) is 21.3. The zero-order valence-electron chi connectivity index (χ0n) is 36.7. The topological polar surface area (TPSA) is 150 Å². The Kier molecular flexibility index (Phi) is 12.2. The lowest BCUT2D eigenvalue weighted by Crippen LogP contribution is -2.12. The van der Waals surface area contributed by atoms with Gasteiger partial charge < -0.3 is 9.97 Å². The molecule has 0 spiro atoms. The van der Waals surface area contributed by atoms with Gasteiger partial charge in [0.1, 0.15) is 35.7 Å². The summed E-state index contributed by atoms with van der Waals surface area (Å²) in [6.07, 6.45) is 7.09. The number of halogens is 3. The molecule has 330 valence electrons. The minimum atomic E-state index is 0.539. The average molecular weight is 1120 g/mol. The van der Waals surface area contributed by atoms with Gasteiger partial charge in [-0.3, -0.25) is 9.97 Å². The summed E-state index contributed by atoms with van der Waals surface area (Å²) < 4.78 is 8.02. The fourth-order valence-corrected chi connectivity index (χ4v) is 9.83. The van der Waals surface area contributed by atoms with Crippen LogP contribution in [0.5, 0.6) is 0 Å². The Morgan fingerprint density at radius 3 is 1.97 bits per heavy atom. The molecule has 14 nitrogen and oxygen atoms in total. The number of benzene rings is 2. The van der Waals surface area contributed by atoms with Crippen molar-refractivity contribution in [1.82, 2.24) is 65.3 Å². The third-order valence-corrected chi connectivity index (χ3v) is 13.6. The second-order valence-corrected chi connectivity index (χ2v) is 19.6. The predicted molar refractivity (Wildman–Crippen MR) is 275 cm³/mol. The van der Waals surface area contributed by atoms with Crippen LogP contribution in [0, 0.1) is 34.6 Å². The van der Waals surface area contributed by atoms with Crippen LogP contribution in [0.25, 0.3) is 67.7 Å². The van der Waals surface area contributed by atoms with E-state index in [4.69, 9.17) is 36.5 Å². The minimum absolute atomic E-state index is 0.539. The summed E-state index contributed by atoms with van der Waals surface area (Å²) in [6.45, 7) is 13.0. The van der Waals surface area contributed by atoms with Gasteiger partial charge in [-0.05, 0) is 117 Å². The second kappa shape index (κ2) is 18.4. The number of imidazole rings is 2. The van der Waals surface area contributed by atoms with E-state index >= 15 is 0 Å². The normalized spacial score (nSPS) is 11.8. The average Bonchev–Trinajstić information content (AvgIpc) is 4.13. The molecule has 17 heteroatoms. The van der Waals surface area contributed by atoms with Gasteiger partial charge in [-0.25, -0.2) is 35.2 Å². The number of aromatic nitrogens is 12. The highest BCUT2D eigenvalue weighted by atomic mass is 127. The Morgan fingerprint density at radius 1 is 0.576 bits per heavy atom. The molecular weight excluding hydrogens is 1070 g/mol. The number of H-pyrrole nitrogens is 2. The standard InChI is InChI=1S/C49H43ClI2N14/c1-28-9-6-11-33(31(28)4)20-63(51)25-43-60-46(47(61-43)40-14-7-10-29(2)57-40)37-18-38(49-54-27-56-66(49)23-37)36-17-30(3)58-41(19-36)48-45(35-15-16-44-53-26-55-65(44)22-35)59-42(62-48)24-64(52)21-34-12-8-13-39(50)32(34)5/h6-19,22-23,26-27H,20-21,24-25H2,1-5H3,(H,59,62)(H,60,61). The van der Waals surface area contributed by atoms with Gasteiger partial charge in [0.05, 0.1) is 35.9 Å². The van der Waals surface area contributed by atoms with Crippen LogP contribution in [0.4, 0.5) is 0 Å². The molecule has 0 saturated carbocycles. The lowest BCUT2D eigenvalue weighted by molar-refractivity contribution is 0.488. The van der Waals surface area contributed by atoms with Crippen molar-refractivity contribution >= 4 is 68.6 Å². The van der Waals surface area contributed by atoms with Gasteiger partial charge in [0.25, 0.3) is 0 Å². The molecule has 10 aromatic rings. The maximum atomic E-state index is 6.50. The summed E-state index contributed by atoms with van der Waals surface area (Å²) in [7, 11) is 0. The summed E-state index contributed by atoms with van der Waals surface area (Å²) in [5, 5.41) is 9.84. The van der Waals surface area contributed by atoms with Gasteiger partial charge in [0, 0.05) is 104 Å². The van der Waals surface area contributed by atoms with Crippen LogP contribution >= 0.6 is 57.3 Å². The van der Waals surface area contributed by atoms with E-state index in [9.17, 15) is 0 Å². The minimum Gasteiger partial charge on any atom is -0.340 e. The molecule has 2 N–H and O–H groups in total. The third-order valence-electron chi connectivity index (χ3n) is 11.8. The van der Waals surface area contributed by atoms with Gasteiger partial charge in [-0.15, -0.1) is 0 Å². The molecule has 0 aliphatic carbocycles. The highest BCUT2D eigenvalue weighted by molar-refractivity contribution is 14.1. The van der Waals surface area contributed by atoms with E-state index in [1.165, 1.54) is 16.7 Å². The van der Waals surface area contributed by atoms with Crippen molar-refractivity contribution in [3.8, 4) is 56.4 Å². The lowest BCUT2D eigenvalue weighted by Gasteiger charge is -2.15. The van der Waals surface area contributed by atoms with Crippen molar-refractivity contribution in [3.63, 3.8) is 0 Å². The van der Waals surface area contributed by atoms with Gasteiger partial charge in [0.2, 0.25) is 0 Å². The number of fused-ring (bicyclic) bond motifs is 2. The van der Waals surface area contributed by atoms with E-state index in [1.54, 1.807) is 17.2 Å². The molecule has 0 atom stereocenters. The monoisotopic (exact) mass is 1120 g/mol. The largest absolute Gasteiger partial charge is 0.340 e. The summed E-state index contributed by atoms with van der Waals surface area (Å²) in [5.74, 6) is 1.61. The number of aryl methyl sites for hydroxylation is 3. The maximum Gasteiger partial charge on any atom is 0.163 e. The van der Waals surface area contributed by atoms with Gasteiger partial charge in [-0.1, -0.05) is 48.0 Å². The second-order valence-electron chi connectivity index (χ2n) is 16.5. The molecule has 0 aliphatic rings. The Labute approximate surface area is 414 Å². The number of rotatable bonds is 13. The summed E-state index contributed by atoms with van der Waals surface area (Å²) in [5.41, 5.74) is 17.4. The maximum absolute atomic E-state index is 6.50. The molecule has 2 aromatic carbocycles. The van der Waals surface area contributed by atoms with E-state index in [0.717, 1.165) is 96.4 Å². The number of hydrogen-bond donors (Lipinski definition) is 2. The zero-order valence-corrected chi connectivity index (χ0v) is 41.8. The first kappa shape index (κ1) is 43.9. The van der Waals surface area contributed by atoms with E-state index < -0.39 is 0 Å². The van der Waals surface area contributed by atoms with Crippen LogP contribution in [0.1, 0.15) is 50.9 Å². The van der Waals surface area contributed by atoms with Gasteiger partial charge in [-0.2, -0.15) is 10.2 Å². The molecular formula is C49H43ClI2N14.